The average Bonchev–Trinajstić information content (AvgIpc) is 2.70. The van der Waals surface area contributed by atoms with Gasteiger partial charge in [-0.05, 0) is 25.5 Å². The van der Waals surface area contributed by atoms with Crippen molar-refractivity contribution in [2.45, 2.75) is 20.0 Å². The average molecular weight is 257 g/mol. The Balaban J connectivity index is 2.47. The predicted molar refractivity (Wildman–Crippen MR) is 62.0 cm³/mol. The molecule has 5 heteroatoms. The zero-order valence-corrected chi connectivity index (χ0v) is 10.1. The Morgan fingerprint density at radius 3 is 2.47 bits per heavy atom. The first-order valence-corrected chi connectivity index (χ1v) is 5.86. The number of halogens is 3. The fourth-order valence-electron chi connectivity index (χ4n) is 1.49. The summed E-state index contributed by atoms with van der Waals surface area (Å²) in [4.78, 5) is 3.65. The van der Waals surface area contributed by atoms with Crippen LogP contribution in [-0.4, -0.2) is 4.98 Å². The second-order valence-electron chi connectivity index (χ2n) is 3.85. The van der Waals surface area contributed by atoms with Crippen LogP contribution in [0.2, 0.25) is 0 Å². The minimum Gasteiger partial charge on any atom is -0.232 e. The minimum absolute atomic E-state index is 0.415. The van der Waals surface area contributed by atoms with Crippen LogP contribution in [0, 0.1) is 13.8 Å². The molecule has 0 saturated heterocycles. The van der Waals surface area contributed by atoms with Gasteiger partial charge in [-0.2, -0.15) is 13.2 Å². The molecule has 0 aliphatic rings. The van der Waals surface area contributed by atoms with E-state index < -0.39 is 11.9 Å². The summed E-state index contributed by atoms with van der Waals surface area (Å²) in [7, 11) is 0. The zero-order valence-electron chi connectivity index (χ0n) is 9.30. The molecule has 0 atom stereocenters. The van der Waals surface area contributed by atoms with Crippen LogP contribution in [0.1, 0.15) is 16.8 Å². The quantitative estimate of drug-likeness (QED) is 0.735. The number of benzene rings is 1. The fourth-order valence-corrected chi connectivity index (χ4v) is 2.40. The first kappa shape index (κ1) is 12.1. The molecular weight excluding hydrogens is 247 g/mol. The molecule has 0 aliphatic heterocycles. The minimum atomic E-state index is -4.37. The standard InChI is InChI=1S/C12H10F3NS/c1-7-3-4-8(2)9(5-7)11-16-10(6-17-11)12(13,14)15/h3-6H,1-2H3. The fraction of sp³-hybridized carbons (Fsp3) is 0.250. The van der Waals surface area contributed by atoms with Crippen LogP contribution in [-0.2, 0) is 6.18 Å². The highest BCUT2D eigenvalue weighted by molar-refractivity contribution is 7.13. The molecule has 0 unspecified atom stereocenters. The van der Waals surface area contributed by atoms with Gasteiger partial charge in [0.2, 0.25) is 0 Å². The van der Waals surface area contributed by atoms with Gasteiger partial charge in [0.1, 0.15) is 5.01 Å². The molecule has 0 aliphatic carbocycles. The van der Waals surface area contributed by atoms with Crippen LogP contribution in [0.25, 0.3) is 10.6 Å². The van der Waals surface area contributed by atoms with E-state index in [2.05, 4.69) is 4.98 Å². The molecule has 0 fully saturated rings. The maximum atomic E-state index is 12.4. The van der Waals surface area contributed by atoms with Gasteiger partial charge in [0.15, 0.2) is 5.69 Å². The molecule has 1 nitrogen and oxygen atoms in total. The highest BCUT2D eigenvalue weighted by Crippen LogP contribution is 2.34. The van der Waals surface area contributed by atoms with E-state index in [0.717, 1.165) is 33.4 Å². The lowest BCUT2D eigenvalue weighted by molar-refractivity contribution is -0.140. The molecule has 1 aromatic heterocycles. The Morgan fingerprint density at radius 2 is 1.88 bits per heavy atom. The summed E-state index contributed by atoms with van der Waals surface area (Å²) in [5.41, 5.74) is 1.89. The van der Waals surface area contributed by atoms with Crippen LogP contribution in [0.15, 0.2) is 23.6 Å². The van der Waals surface area contributed by atoms with Gasteiger partial charge in [0, 0.05) is 10.9 Å². The lowest BCUT2D eigenvalue weighted by atomic mass is 10.1. The van der Waals surface area contributed by atoms with Gasteiger partial charge in [-0.15, -0.1) is 11.3 Å². The summed E-state index contributed by atoms with van der Waals surface area (Å²) in [6.07, 6.45) is -4.37. The topological polar surface area (TPSA) is 12.9 Å². The van der Waals surface area contributed by atoms with E-state index in [9.17, 15) is 13.2 Å². The molecule has 0 bridgehead atoms. The lowest BCUT2D eigenvalue weighted by Gasteiger charge is -2.04. The van der Waals surface area contributed by atoms with Crippen molar-refractivity contribution in [1.82, 2.24) is 4.98 Å². The maximum absolute atomic E-state index is 12.4. The van der Waals surface area contributed by atoms with Crippen LogP contribution < -0.4 is 0 Å². The summed E-state index contributed by atoms with van der Waals surface area (Å²) in [6.45, 7) is 3.77. The number of thiazole rings is 1. The van der Waals surface area contributed by atoms with Crippen molar-refractivity contribution in [3.63, 3.8) is 0 Å². The highest BCUT2D eigenvalue weighted by atomic mass is 32.1. The normalized spacial score (nSPS) is 11.8. The number of nitrogens with zero attached hydrogens (tertiary/aromatic N) is 1. The number of aryl methyl sites for hydroxylation is 2. The molecule has 2 aromatic rings. The Hall–Kier alpha value is -1.36. The maximum Gasteiger partial charge on any atom is 0.434 e. The first-order chi connectivity index (χ1) is 7.88. The largest absolute Gasteiger partial charge is 0.434 e. The molecular formula is C12H10F3NS. The third kappa shape index (κ3) is 2.49. The molecule has 0 saturated carbocycles. The molecule has 2 rings (SSSR count). The Labute approximate surface area is 101 Å². The van der Waals surface area contributed by atoms with Crippen molar-refractivity contribution in [2.24, 2.45) is 0 Å². The van der Waals surface area contributed by atoms with Crippen molar-refractivity contribution in [3.05, 3.63) is 40.4 Å². The van der Waals surface area contributed by atoms with Gasteiger partial charge >= 0.3 is 6.18 Å². The Kier molecular flexibility index (Phi) is 2.95. The second kappa shape index (κ2) is 4.14. The zero-order chi connectivity index (χ0) is 12.6. The number of hydrogen-bond acceptors (Lipinski definition) is 2. The highest BCUT2D eigenvalue weighted by Gasteiger charge is 2.33. The summed E-state index contributed by atoms with van der Waals surface area (Å²) >= 11 is 1.02. The summed E-state index contributed by atoms with van der Waals surface area (Å²) in [5, 5.41) is 1.47. The Morgan fingerprint density at radius 1 is 1.18 bits per heavy atom. The van der Waals surface area contributed by atoms with E-state index in [-0.39, 0.29) is 0 Å². The predicted octanol–water partition coefficient (Wildman–Crippen LogP) is 4.45. The van der Waals surface area contributed by atoms with Gasteiger partial charge in [0.25, 0.3) is 0 Å². The monoisotopic (exact) mass is 257 g/mol. The summed E-state index contributed by atoms with van der Waals surface area (Å²) in [5.74, 6) is 0. The number of alkyl halides is 3. The molecule has 1 aromatic carbocycles. The smallest absolute Gasteiger partial charge is 0.232 e. The summed E-state index contributed by atoms with van der Waals surface area (Å²) in [6, 6.07) is 5.67. The molecule has 90 valence electrons. The molecule has 0 radical (unpaired) electrons. The summed E-state index contributed by atoms with van der Waals surface area (Å²) < 4.78 is 37.3. The third-order valence-corrected chi connectivity index (χ3v) is 3.29. The van der Waals surface area contributed by atoms with E-state index in [4.69, 9.17) is 0 Å². The van der Waals surface area contributed by atoms with Gasteiger partial charge in [-0.1, -0.05) is 17.7 Å². The molecule has 1 heterocycles. The SMILES string of the molecule is Cc1ccc(C)c(-c2nc(C(F)(F)F)cs2)c1. The van der Waals surface area contributed by atoms with Crippen molar-refractivity contribution < 1.29 is 13.2 Å². The van der Waals surface area contributed by atoms with Crippen molar-refractivity contribution in [1.29, 1.82) is 0 Å². The van der Waals surface area contributed by atoms with Crippen molar-refractivity contribution in [2.75, 3.05) is 0 Å². The van der Waals surface area contributed by atoms with E-state index in [1.807, 2.05) is 32.0 Å². The van der Waals surface area contributed by atoms with Gasteiger partial charge in [0.05, 0.1) is 0 Å². The molecule has 0 amide bonds. The second-order valence-corrected chi connectivity index (χ2v) is 4.71. The number of aromatic nitrogens is 1. The number of hydrogen-bond donors (Lipinski definition) is 0. The molecule has 17 heavy (non-hydrogen) atoms. The van der Waals surface area contributed by atoms with Crippen LogP contribution >= 0.6 is 11.3 Å². The van der Waals surface area contributed by atoms with Crippen LogP contribution in [0.3, 0.4) is 0 Å². The Bertz CT molecular complexity index is 543. The first-order valence-electron chi connectivity index (χ1n) is 4.98. The van der Waals surface area contributed by atoms with Gasteiger partial charge in [-0.3, -0.25) is 0 Å². The van der Waals surface area contributed by atoms with Crippen LogP contribution in [0.5, 0.6) is 0 Å². The van der Waals surface area contributed by atoms with E-state index in [1.165, 1.54) is 0 Å². The van der Waals surface area contributed by atoms with Crippen molar-refractivity contribution in [3.8, 4) is 10.6 Å². The number of rotatable bonds is 1. The third-order valence-electron chi connectivity index (χ3n) is 2.42. The van der Waals surface area contributed by atoms with Crippen molar-refractivity contribution >= 4 is 11.3 Å². The van der Waals surface area contributed by atoms with Crippen LogP contribution in [0.4, 0.5) is 13.2 Å². The van der Waals surface area contributed by atoms with Gasteiger partial charge < -0.3 is 0 Å². The van der Waals surface area contributed by atoms with E-state index in [0.29, 0.717) is 5.01 Å². The molecule has 0 N–H and O–H groups in total. The van der Waals surface area contributed by atoms with E-state index >= 15 is 0 Å². The molecule has 0 spiro atoms. The van der Waals surface area contributed by atoms with E-state index in [1.54, 1.807) is 0 Å². The lowest BCUT2D eigenvalue weighted by Crippen LogP contribution is -2.04. The van der Waals surface area contributed by atoms with Gasteiger partial charge in [-0.25, -0.2) is 4.98 Å².